The molecule has 1 aliphatic heterocycles. The van der Waals surface area contributed by atoms with Gasteiger partial charge in [-0.3, -0.25) is 0 Å². The van der Waals surface area contributed by atoms with Crippen LogP contribution in [-0.4, -0.2) is 5.72 Å². The van der Waals surface area contributed by atoms with E-state index in [9.17, 15) is 0 Å². The molecule has 1 aromatic rings. The number of hydrogen-bond acceptors (Lipinski definition) is 2. The lowest BCUT2D eigenvalue weighted by Crippen LogP contribution is -2.31. The third kappa shape index (κ3) is 1.23. The second-order valence-corrected chi connectivity index (χ2v) is 3.81. The number of fused-ring (bicyclic) bond motifs is 1. The fourth-order valence-corrected chi connectivity index (χ4v) is 1.47. The number of nitrogens with one attached hydrogen (secondary N) is 1. The average Bonchev–Trinajstić information content (AvgIpc) is 2.21. The zero-order valence-electron chi connectivity index (χ0n) is 7.02. The van der Waals surface area contributed by atoms with Gasteiger partial charge in [0, 0.05) is 11.1 Å². The molecule has 0 bridgehead atoms. The number of benzene rings is 1. The molecule has 0 amide bonds. The summed E-state index contributed by atoms with van der Waals surface area (Å²) >= 11 is 5.81. The second kappa shape index (κ2) is 2.30. The maximum atomic E-state index is 5.81. The molecular formula is C9H10ClNO. The summed E-state index contributed by atoms with van der Waals surface area (Å²) in [6.07, 6.45) is 0. The van der Waals surface area contributed by atoms with Crippen molar-refractivity contribution < 1.29 is 4.74 Å². The van der Waals surface area contributed by atoms with E-state index in [1.54, 1.807) is 0 Å². The highest BCUT2D eigenvalue weighted by molar-refractivity contribution is 6.30. The van der Waals surface area contributed by atoms with Crippen LogP contribution >= 0.6 is 11.6 Å². The molecule has 2 nitrogen and oxygen atoms in total. The molecule has 0 aromatic heterocycles. The van der Waals surface area contributed by atoms with Crippen molar-refractivity contribution in [2.45, 2.75) is 19.6 Å². The minimum atomic E-state index is -0.312. The van der Waals surface area contributed by atoms with Crippen LogP contribution in [0.1, 0.15) is 13.8 Å². The summed E-state index contributed by atoms with van der Waals surface area (Å²) in [6.45, 7) is 3.95. The summed E-state index contributed by atoms with van der Waals surface area (Å²) in [6, 6.07) is 5.59. The van der Waals surface area contributed by atoms with Crippen molar-refractivity contribution in [3.8, 4) is 5.75 Å². The van der Waals surface area contributed by atoms with Gasteiger partial charge < -0.3 is 10.1 Å². The Bertz CT molecular complexity index is 322. The molecule has 12 heavy (non-hydrogen) atoms. The van der Waals surface area contributed by atoms with E-state index >= 15 is 0 Å². The van der Waals surface area contributed by atoms with Gasteiger partial charge in [0.15, 0.2) is 5.72 Å². The first-order valence-corrected chi connectivity index (χ1v) is 4.21. The van der Waals surface area contributed by atoms with E-state index in [2.05, 4.69) is 5.32 Å². The standard InChI is InChI=1S/C9H10ClNO/c1-9(2)11-7-4-3-6(10)5-8(7)12-9/h3-5,11H,1-2H3. The van der Waals surface area contributed by atoms with Crippen LogP contribution < -0.4 is 10.1 Å². The lowest BCUT2D eigenvalue weighted by atomic mass is 10.3. The van der Waals surface area contributed by atoms with E-state index in [-0.39, 0.29) is 5.72 Å². The van der Waals surface area contributed by atoms with Crippen LogP contribution in [0.4, 0.5) is 5.69 Å². The van der Waals surface area contributed by atoms with E-state index in [4.69, 9.17) is 16.3 Å². The van der Waals surface area contributed by atoms with Gasteiger partial charge in [-0.1, -0.05) is 11.6 Å². The van der Waals surface area contributed by atoms with Gasteiger partial charge in [-0.05, 0) is 26.0 Å². The Kier molecular flexibility index (Phi) is 1.48. The molecule has 0 saturated heterocycles. The summed E-state index contributed by atoms with van der Waals surface area (Å²) in [5.41, 5.74) is 0.692. The molecule has 1 heterocycles. The Morgan fingerprint density at radius 3 is 2.92 bits per heavy atom. The Morgan fingerprint density at radius 2 is 2.17 bits per heavy atom. The molecular weight excluding hydrogens is 174 g/mol. The normalized spacial score (nSPS) is 17.9. The maximum Gasteiger partial charge on any atom is 0.175 e. The Balaban J connectivity index is 2.43. The molecule has 2 rings (SSSR count). The van der Waals surface area contributed by atoms with E-state index in [0.29, 0.717) is 5.02 Å². The summed E-state index contributed by atoms with van der Waals surface area (Å²) in [4.78, 5) is 0. The van der Waals surface area contributed by atoms with Crippen molar-refractivity contribution in [2.75, 3.05) is 5.32 Å². The third-order valence-corrected chi connectivity index (χ3v) is 1.98. The molecule has 1 aliphatic rings. The van der Waals surface area contributed by atoms with Gasteiger partial charge in [0.05, 0.1) is 5.69 Å². The number of anilines is 1. The fourth-order valence-electron chi connectivity index (χ4n) is 1.31. The van der Waals surface area contributed by atoms with Gasteiger partial charge in [-0.15, -0.1) is 0 Å². The first-order chi connectivity index (χ1) is 5.57. The van der Waals surface area contributed by atoms with Crippen molar-refractivity contribution in [1.82, 2.24) is 0 Å². The van der Waals surface area contributed by atoms with Crippen molar-refractivity contribution >= 4 is 17.3 Å². The molecule has 3 heteroatoms. The number of ether oxygens (including phenoxy) is 1. The van der Waals surface area contributed by atoms with Crippen molar-refractivity contribution in [3.63, 3.8) is 0 Å². The molecule has 0 saturated carbocycles. The largest absolute Gasteiger partial charge is 0.467 e. The molecule has 1 N–H and O–H groups in total. The minimum Gasteiger partial charge on any atom is -0.467 e. The van der Waals surface area contributed by atoms with Crippen LogP contribution in [0.15, 0.2) is 18.2 Å². The number of halogens is 1. The first-order valence-electron chi connectivity index (χ1n) is 3.84. The lowest BCUT2D eigenvalue weighted by Gasteiger charge is -2.17. The summed E-state index contributed by atoms with van der Waals surface area (Å²) in [5.74, 6) is 0.826. The van der Waals surface area contributed by atoms with E-state index in [1.165, 1.54) is 0 Å². The number of hydrogen-bond donors (Lipinski definition) is 1. The topological polar surface area (TPSA) is 21.3 Å². The lowest BCUT2D eigenvalue weighted by molar-refractivity contribution is 0.162. The third-order valence-electron chi connectivity index (χ3n) is 1.74. The molecule has 1 aromatic carbocycles. The first kappa shape index (κ1) is 7.74. The van der Waals surface area contributed by atoms with Crippen molar-refractivity contribution in [2.24, 2.45) is 0 Å². The zero-order valence-corrected chi connectivity index (χ0v) is 7.77. The zero-order chi connectivity index (χ0) is 8.77. The summed E-state index contributed by atoms with van der Waals surface area (Å²) in [7, 11) is 0. The predicted molar refractivity (Wildman–Crippen MR) is 49.8 cm³/mol. The van der Waals surface area contributed by atoms with Gasteiger partial charge in [0.25, 0.3) is 0 Å². The van der Waals surface area contributed by atoms with Crippen LogP contribution in [-0.2, 0) is 0 Å². The molecule has 0 spiro atoms. The van der Waals surface area contributed by atoms with Crippen molar-refractivity contribution in [1.29, 1.82) is 0 Å². The number of rotatable bonds is 0. The molecule has 0 atom stereocenters. The van der Waals surface area contributed by atoms with Crippen LogP contribution in [0.2, 0.25) is 5.02 Å². The molecule has 0 fully saturated rings. The highest BCUT2D eigenvalue weighted by Gasteiger charge is 2.28. The Hall–Kier alpha value is -0.890. The minimum absolute atomic E-state index is 0.312. The quantitative estimate of drug-likeness (QED) is 0.668. The van der Waals surface area contributed by atoms with E-state index in [1.807, 2.05) is 32.0 Å². The predicted octanol–water partition coefficient (Wildman–Crippen LogP) is 2.88. The average molecular weight is 184 g/mol. The van der Waals surface area contributed by atoms with Gasteiger partial charge >= 0.3 is 0 Å². The van der Waals surface area contributed by atoms with Crippen LogP contribution in [0.5, 0.6) is 5.75 Å². The maximum absolute atomic E-state index is 5.81. The van der Waals surface area contributed by atoms with Crippen LogP contribution in [0, 0.1) is 0 Å². The van der Waals surface area contributed by atoms with Gasteiger partial charge in [0.2, 0.25) is 0 Å². The van der Waals surface area contributed by atoms with Gasteiger partial charge in [-0.25, -0.2) is 0 Å². The Morgan fingerprint density at radius 1 is 1.42 bits per heavy atom. The second-order valence-electron chi connectivity index (χ2n) is 3.38. The molecule has 64 valence electrons. The SMILES string of the molecule is CC1(C)Nc2ccc(Cl)cc2O1. The van der Waals surface area contributed by atoms with Crippen LogP contribution in [0.3, 0.4) is 0 Å². The van der Waals surface area contributed by atoms with Crippen molar-refractivity contribution in [3.05, 3.63) is 23.2 Å². The van der Waals surface area contributed by atoms with E-state index in [0.717, 1.165) is 11.4 Å². The summed E-state index contributed by atoms with van der Waals surface area (Å²) in [5, 5.41) is 3.92. The van der Waals surface area contributed by atoms with Crippen LogP contribution in [0.25, 0.3) is 0 Å². The Labute approximate surface area is 76.5 Å². The molecule has 0 unspecified atom stereocenters. The fraction of sp³-hybridized carbons (Fsp3) is 0.333. The smallest absolute Gasteiger partial charge is 0.175 e. The monoisotopic (exact) mass is 183 g/mol. The van der Waals surface area contributed by atoms with Gasteiger partial charge in [0.1, 0.15) is 5.75 Å². The highest BCUT2D eigenvalue weighted by atomic mass is 35.5. The van der Waals surface area contributed by atoms with Gasteiger partial charge in [-0.2, -0.15) is 0 Å². The highest BCUT2D eigenvalue weighted by Crippen LogP contribution is 2.37. The molecule has 0 radical (unpaired) electrons. The molecule has 0 aliphatic carbocycles. The summed E-state index contributed by atoms with van der Waals surface area (Å²) < 4.78 is 5.58. The van der Waals surface area contributed by atoms with E-state index < -0.39 is 0 Å².